The molecule has 0 aromatic heterocycles. The average molecular weight is 329 g/mol. The van der Waals surface area contributed by atoms with Crippen LogP contribution in [0, 0.1) is 0 Å². The Kier molecular flexibility index (Phi) is 5.51. The molecule has 1 N–H and O–H groups in total. The zero-order valence-electron chi connectivity index (χ0n) is 14.5. The molecule has 2 amide bonds. The van der Waals surface area contributed by atoms with E-state index in [2.05, 4.69) is 10.2 Å². The van der Waals surface area contributed by atoms with Crippen LogP contribution in [-0.2, 0) is 16.0 Å². The van der Waals surface area contributed by atoms with Gasteiger partial charge in [-0.05, 0) is 50.5 Å². The average Bonchev–Trinajstić information content (AvgIpc) is 2.99. The van der Waals surface area contributed by atoms with Crippen molar-refractivity contribution in [1.82, 2.24) is 10.2 Å². The third-order valence-corrected chi connectivity index (χ3v) is 5.02. The van der Waals surface area contributed by atoms with Gasteiger partial charge in [-0.25, -0.2) is 0 Å². The minimum atomic E-state index is -0.408. The quantitative estimate of drug-likeness (QED) is 0.840. The number of benzene rings is 1. The molecule has 5 heteroatoms. The lowest BCUT2D eigenvalue weighted by molar-refractivity contribution is -0.125. The van der Waals surface area contributed by atoms with E-state index in [0.29, 0.717) is 13.0 Å². The normalized spacial score (nSPS) is 20.7. The fraction of sp³-hybridized carbons (Fsp3) is 0.579. The second-order valence-corrected chi connectivity index (χ2v) is 6.78. The largest absolute Gasteiger partial charge is 0.354 e. The standard InChI is InChI=1S/C19H27N3O2/c1-15(23)22-17-9-4-3-8-16(17)14-18(22)19(24)20-10-7-13-21-11-5-2-6-12-21/h3-4,8-9,18H,2,5-7,10-14H2,1H3,(H,20,24)/t18-/m0/s1. The summed E-state index contributed by atoms with van der Waals surface area (Å²) in [5.74, 6) is -0.117. The predicted octanol–water partition coefficient (Wildman–Crippen LogP) is 1.96. The van der Waals surface area contributed by atoms with Crippen LogP contribution >= 0.6 is 0 Å². The number of amides is 2. The molecule has 1 atom stereocenters. The molecule has 0 radical (unpaired) electrons. The Morgan fingerprint density at radius 2 is 1.92 bits per heavy atom. The van der Waals surface area contributed by atoms with Crippen molar-refractivity contribution in [1.29, 1.82) is 0 Å². The lowest BCUT2D eigenvalue weighted by Crippen LogP contribution is -2.47. The topological polar surface area (TPSA) is 52.7 Å². The molecule has 3 rings (SSSR count). The van der Waals surface area contributed by atoms with Gasteiger partial charge in [0.2, 0.25) is 11.8 Å². The summed E-state index contributed by atoms with van der Waals surface area (Å²) < 4.78 is 0. The first-order chi connectivity index (χ1) is 11.7. The van der Waals surface area contributed by atoms with Gasteiger partial charge < -0.3 is 10.2 Å². The third kappa shape index (κ3) is 3.78. The number of fused-ring (bicyclic) bond motifs is 1. The molecule has 2 aliphatic heterocycles. The number of nitrogens with one attached hydrogen (secondary N) is 1. The molecule has 1 saturated heterocycles. The molecule has 1 aromatic carbocycles. The molecule has 0 unspecified atom stereocenters. The van der Waals surface area contributed by atoms with E-state index in [4.69, 9.17) is 0 Å². The summed E-state index contributed by atoms with van der Waals surface area (Å²) in [6.07, 6.45) is 5.50. The summed E-state index contributed by atoms with van der Waals surface area (Å²) in [7, 11) is 0. The van der Waals surface area contributed by atoms with Crippen LogP contribution in [-0.4, -0.2) is 48.9 Å². The molecule has 0 spiro atoms. The molecule has 0 aliphatic carbocycles. The van der Waals surface area contributed by atoms with Crippen molar-refractivity contribution < 1.29 is 9.59 Å². The van der Waals surface area contributed by atoms with Crippen molar-refractivity contribution in [3.05, 3.63) is 29.8 Å². The van der Waals surface area contributed by atoms with E-state index >= 15 is 0 Å². The summed E-state index contributed by atoms with van der Waals surface area (Å²) in [4.78, 5) is 28.7. The number of carbonyl (C=O) groups excluding carboxylic acids is 2. The van der Waals surface area contributed by atoms with Gasteiger partial charge in [0.25, 0.3) is 0 Å². The number of hydrogen-bond acceptors (Lipinski definition) is 3. The Morgan fingerprint density at radius 1 is 1.17 bits per heavy atom. The molecule has 24 heavy (non-hydrogen) atoms. The lowest BCUT2D eigenvalue weighted by Gasteiger charge is -2.26. The maximum Gasteiger partial charge on any atom is 0.243 e. The van der Waals surface area contributed by atoms with Crippen molar-refractivity contribution in [3.8, 4) is 0 Å². The van der Waals surface area contributed by atoms with E-state index in [9.17, 15) is 9.59 Å². The predicted molar refractivity (Wildman–Crippen MR) is 95.0 cm³/mol. The SMILES string of the molecule is CC(=O)N1c2ccccc2C[C@H]1C(=O)NCCCN1CCCCC1. The molecule has 1 aromatic rings. The molecular weight excluding hydrogens is 302 g/mol. The Morgan fingerprint density at radius 3 is 2.67 bits per heavy atom. The van der Waals surface area contributed by atoms with Crippen LogP contribution in [0.2, 0.25) is 0 Å². The fourth-order valence-electron chi connectivity index (χ4n) is 3.80. The van der Waals surface area contributed by atoms with Gasteiger partial charge in [-0.15, -0.1) is 0 Å². The smallest absolute Gasteiger partial charge is 0.243 e. The van der Waals surface area contributed by atoms with E-state index in [1.807, 2.05) is 24.3 Å². The minimum absolute atomic E-state index is 0.0416. The highest BCUT2D eigenvalue weighted by Gasteiger charge is 2.36. The van der Waals surface area contributed by atoms with E-state index < -0.39 is 6.04 Å². The van der Waals surface area contributed by atoms with Crippen LogP contribution in [0.15, 0.2) is 24.3 Å². The first-order valence-corrected chi connectivity index (χ1v) is 9.04. The number of anilines is 1. The van der Waals surface area contributed by atoms with Crippen molar-refractivity contribution in [3.63, 3.8) is 0 Å². The number of rotatable bonds is 5. The van der Waals surface area contributed by atoms with Gasteiger partial charge >= 0.3 is 0 Å². The molecule has 0 saturated carbocycles. The van der Waals surface area contributed by atoms with Crippen LogP contribution in [0.25, 0.3) is 0 Å². The Bertz CT molecular complexity index is 596. The highest BCUT2D eigenvalue weighted by molar-refractivity contribution is 6.02. The lowest BCUT2D eigenvalue weighted by atomic mass is 10.1. The first kappa shape index (κ1) is 17.0. The third-order valence-electron chi connectivity index (χ3n) is 5.02. The van der Waals surface area contributed by atoms with E-state index in [1.54, 1.807) is 4.90 Å². The Balaban J connectivity index is 1.50. The van der Waals surface area contributed by atoms with Gasteiger partial charge in [-0.2, -0.15) is 0 Å². The summed E-state index contributed by atoms with van der Waals surface area (Å²) in [6, 6.07) is 7.37. The van der Waals surface area contributed by atoms with Crippen LogP contribution in [0.1, 0.15) is 38.2 Å². The number of hydrogen-bond donors (Lipinski definition) is 1. The van der Waals surface area contributed by atoms with Gasteiger partial charge in [0.05, 0.1) is 0 Å². The van der Waals surface area contributed by atoms with Crippen molar-refractivity contribution in [2.24, 2.45) is 0 Å². The Hall–Kier alpha value is -1.88. The molecule has 130 valence electrons. The van der Waals surface area contributed by atoms with Gasteiger partial charge in [-0.1, -0.05) is 24.6 Å². The second-order valence-electron chi connectivity index (χ2n) is 6.78. The summed E-state index contributed by atoms with van der Waals surface area (Å²) in [5, 5.41) is 3.02. The van der Waals surface area contributed by atoms with Crippen molar-refractivity contribution in [2.45, 2.75) is 45.1 Å². The maximum absolute atomic E-state index is 12.6. The highest BCUT2D eigenvalue weighted by atomic mass is 16.2. The summed E-state index contributed by atoms with van der Waals surface area (Å²) >= 11 is 0. The monoisotopic (exact) mass is 329 g/mol. The van der Waals surface area contributed by atoms with Gasteiger partial charge in [0.15, 0.2) is 0 Å². The molecule has 5 nitrogen and oxygen atoms in total. The molecule has 2 heterocycles. The van der Waals surface area contributed by atoms with Crippen LogP contribution < -0.4 is 10.2 Å². The Labute approximate surface area is 144 Å². The second kappa shape index (κ2) is 7.79. The van der Waals surface area contributed by atoms with Crippen molar-refractivity contribution in [2.75, 3.05) is 31.1 Å². The van der Waals surface area contributed by atoms with Gasteiger partial charge in [0.1, 0.15) is 6.04 Å². The fourth-order valence-corrected chi connectivity index (χ4v) is 3.80. The molecule has 2 aliphatic rings. The zero-order valence-corrected chi connectivity index (χ0v) is 14.5. The number of para-hydroxylation sites is 1. The van der Waals surface area contributed by atoms with E-state index in [0.717, 1.165) is 24.2 Å². The number of nitrogens with zero attached hydrogens (tertiary/aromatic N) is 2. The van der Waals surface area contributed by atoms with Crippen LogP contribution in [0.4, 0.5) is 5.69 Å². The van der Waals surface area contributed by atoms with Crippen LogP contribution in [0.5, 0.6) is 0 Å². The summed E-state index contributed by atoms with van der Waals surface area (Å²) in [5.41, 5.74) is 1.94. The highest BCUT2D eigenvalue weighted by Crippen LogP contribution is 2.32. The first-order valence-electron chi connectivity index (χ1n) is 9.04. The van der Waals surface area contributed by atoms with Gasteiger partial charge in [0, 0.05) is 25.6 Å². The summed E-state index contributed by atoms with van der Waals surface area (Å²) in [6.45, 7) is 5.61. The zero-order chi connectivity index (χ0) is 16.9. The number of carbonyl (C=O) groups is 2. The van der Waals surface area contributed by atoms with Crippen molar-refractivity contribution >= 4 is 17.5 Å². The molecule has 0 bridgehead atoms. The van der Waals surface area contributed by atoms with Gasteiger partial charge in [-0.3, -0.25) is 14.5 Å². The maximum atomic E-state index is 12.6. The van der Waals surface area contributed by atoms with E-state index in [1.165, 1.54) is 39.3 Å². The molecule has 1 fully saturated rings. The minimum Gasteiger partial charge on any atom is -0.354 e. The number of piperidine rings is 1. The molecular formula is C19H27N3O2. The van der Waals surface area contributed by atoms with E-state index in [-0.39, 0.29) is 11.8 Å². The van der Waals surface area contributed by atoms with Crippen LogP contribution in [0.3, 0.4) is 0 Å². The number of likely N-dealkylation sites (tertiary alicyclic amines) is 1.